The van der Waals surface area contributed by atoms with Crippen molar-refractivity contribution in [2.24, 2.45) is 0 Å². The fraction of sp³-hybridized carbons (Fsp3) is 0.556. The molecule has 2 bridgehead atoms. The lowest BCUT2D eigenvalue weighted by Crippen LogP contribution is -2.58. The van der Waals surface area contributed by atoms with E-state index >= 15 is 0 Å². The highest BCUT2D eigenvalue weighted by atomic mass is 16.5. The molecule has 3 aliphatic rings. The predicted molar refractivity (Wildman–Crippen MR) is 87.3 cm³/mol. The maximum absolute atomic E-state index is 6.03. The first-order chi connectivity index (χ1) is 10.4. The number of aromatic nitrogens is 1. The number of methoxy groups -OCH3 is 1. The lowest BCUT2D eigenvalue weighted by Gasteiger charge is -2.44. The van der Waals surface area contributed by atoms with Gasteiger partial charge in [0.1, 0.15) is 5.75 Å². The van der Waals surface area contributed by atoms with Gasteiger partial charge in [-0.2, -0.15) is 0 Å². The molecule has 3 heterocycles. The summed E-state index contributed by atoms with van der Waals surface area (Å²) in [6, 6.07) is 6.38. The van der Waals surface area contributed by atoms with Crippen LogP contribution in [0.15, 0.2) is 18.2 Å². The molecule has 2 saturated heterocycles. The molecule has 2 aromatic rings. The maximum Gasteiger partial charge on any atom is 0.121 e. The molecule has 4 heteroatoms. The van der Waals surface area contributed by atoms with Gasteiger partial charge >= 0.3 is 0 Å². The summed E-state index contributed by atoms with van der Waals surface area (Å²) in [5, 5.41) is 5.00. The van der Waals surface area contributed by atoms with Crippen LogP contribution in [-0.2, 0) is 11.3 Å². The molecule has 1 aliphatic carbocycles. The first kappa shape index (κ1) is 14.1. The van der Waals surface area contributed by atoms with Crippen molar-refractivity contribution in [1.29, 1.82) is 0 Å². The molecule has 3 fully saturated rings. The highest BCUT2D eigenvalue weighted by Crippen LogP contribution is 2.55. The first-order valence-corrected chi connectivity index (χ1v) is 8.02. The van der Waals surface area contributed by atoms with Crippen molar-refractivity contribution in [3.8, 4) is 5.75 Å². The summed E-state index contributed by atoms with van der Waals surface area (Å²) in [5.74, 6) is 0.900. The van der Waals surface area contributed by atoms with E-state index in [-0.39, 0.29) is 11.1 Å². The molecular weight excluding hydrogens is 276 g/mol. The topological polar surface area (TPSA) is 46.3 Å². The molecule has 0 radical (unpaired) electrons. The van der Waals surface area contributed by atoms with Crippen LogP contribution in [0, 0.1) is 6.92 Å². The van der Waals surface area contributed by atoms with Crippen molar-refractivity contribution in [3.05, 3.63) is 29.5 Å². The molecule has 1 unspecified atom stereocenters. The van der Waals surface area contributed by atoms with Gasteiger partial charge in [-0.3, -0.25) is 0 Å². The number of H-pyrrole nitrogens is 1. The van der Waals surface area contributed by atoms with E-state index in [9.17, 15) is 0 Å². The molecule has 4 nitrogen and oxygen atoms in total. The van der Waals surface area contributed by atoms with Crippen LogP contribution in [0.3, 0.4) is 0 Å². The van der Waals surface area contributed by atoms with E-state index in [1.807, 2.05) is 0 Å². The second-order valence-corrected chi connectivity index (χ2v) is 7.27. The van der Waals surface area contributed by atoms with Gasteiger partial charge in [0.2, 0.25) is 0 Å². The first-order valence-electron chi connectivity index (χ1n) is 8.02. The Bertz CT molecular complexity index is 728. The number of nitrogens with one attached hydrogen (secondary N) is 2. The summed E-state index contributed by atoms with van der Waals surface area (Å²) in [6.45, 7) is 7.37. The minimum atomic E-state index is 0.108. The Morgan fingerprint density at radius 3 is 2.77 bits per heavy atom. The molecule has 5 rings (SSSR count). The van der Waals surface area contributed by atoms with E-state index in [0.29, 0.717) is 6.10 Å². The normalized spacial score (nSPS) is 33.2. The van der Waals surface area contributed by atoms with Crippen LogP contribution >= 0.6 is 0 Å². The Hall–Kier alpha value is -1.52. The van der Waals surface area contributed by atoms with Gasteiger partial charge in [0.15, 0.2) is 0 Å². The Kier molecular flexibility index (Phi) is 2.88. The van der Waals surface area contributed by atoms with Crippen molar-refractivity contribution in [2.75, 3.05) is 7.11 Å². The molecule has 2 N–H and O–H groups in total. The lowest BCUT2D eigenvalue weighted by atomic mass is 9.67. The van der Waals surface area contributed by atoms with Gasteiger partial charge in [0.05, 0.1) is 24.4 Å². The van der Waals surface area contributed by atoms with Gasteiger partial charge in [-0.15, -0.1) is 0 Å². The number of aromatic amines is 1. The summed E-state index contributed by atoms with van der Waals surface area (Å²) >= 11 is 0. The number of aryl methyl sites for hydroxylation is 1. The van der Waals surface area contributed by atoms with Crippen molar-refractivity contribution < 1.29 is 9.47 Å². The SMILES string of the molecule is COc1cc(C)c2cc(CNC34CC(C)(C3)OC4C)[nH]c2c1. The zero-order valence-electron chi connectivity index (χ0n) is 13.7. The van der Waals surface area contributed by atoms with Crippen LogP contribution in [0.1, 0.15) is 37.9 Å². The van der Waals surface area contributed by atoms with Gasteiger partial charge in [-0.1, -0.05) is 0 Å². The van der Waals surface area contributed by atoms with Gasteiger partial charge < -0.3 is 19.8 Å². The molecule has 1 saturated carbocycles. The van der Waals surface area contributed by atoms with Crippen molar-refractivity contribution in [1.82, 2.24) is 10.3 Å². The number of hydrogen-bond acceptors (Lipinski definition) is 3. The van der Waals surface area contributed by atoms with E-state index in [2.05, 4.69) is 49.3 Å². The molecule has 1 aromatic carbocycles. The third-order valence-corrected chi connectivity index (χ3v) is 5.46. The minimum absolute atomic E-state index is 0.108. The molecule has 2 aliphatic heterocycles. The standard InChI is InChI=1S/C18H24N2O2/c1-11-5-14(21-4)7-16-15(11)6-13(20-16)8-19-18-9-17(3,10-18)22-12(18)2/h5-7,12,19-20H,8-10H2,1-4H3. The third kappa shape index (κ3) is 1.97. The van der Waals surface area contributed by atoms with E-state index in [4.69, 9.17) is 9.47 Å². The molecule has 0 amide bonds. The molecule has 0 spiro atoms. The highest BCUT2D eigenvalue weighted by molar-refractivity contribution is 5.85. The maximum atomic E-state index is 6.03. The molecule has 22 heavy (non-hydrogen) atoms. The fourth-order valence-corrected chi connectivity index (χ4v) is 4.39. The van der Waals surface area contributed by atoms with Gasteiger partial charge in [0, 0.05) is 29.2 Å². The number of fused-ring (bicyclic) bond motifs is 2. The quantitative estimate of drug-likeness (QED) is 0.911. The number of benzene rings is 1. The average Bonchev–Trinajstić information content (AvgIpc) is 3.03. The minimum Gasteiger partial charge on any atom is -0.497 e. The second kappa shape index (κ2) is 4.49. The van der Waals surface area contributed by atoms with E-state index < -0.39 is 0 Å². The molecule has 1 aromatic heterocycles. The number of ether oxygens (including phenoxy) is 2. The molecule has 118 valence electrons. The smallest absolute Gasteiger partial charge is 0.121 e. The summed E-state index contributed by atoms with van der Waals surface area (Å²) in [6.07, 6.45) is 2.53. The zero-order valence-corrected chi connectivity index (χ0v) is 13.7. The third-order valence-electron chi connectivity index (χ3n) is 5.46. The van der Waals surface area contributed by atoms with Crippen LogP contribution in [-0.4, -0.2) is 29.3 Å². The van der Waals surface area contributed by atoms with Crippen LogP contribution in [0.2, 0.25) is 0 Å². The number of rotatable bonds is 4. The average molecular weight is 300 g/mol. The van der Waals surface area contributed by atoms with E-state index in [1.165, 1.54) is 16.6 Å². The van der Waals surface area contributed by atoms with E-state index in [0.717, 1.165) is 30.7 Å². The lowest BCUT2D eigenvalue weighted by molar-refractivity contribution is -0.00511. The van der Waals surface area contributed by atoms with Crippen LogP contribution in [0.5, 0.6) is 5.75 Å². The largest absolute Gasteiger partial charge is 0.497 e. The molecular formula is C18H24N2O2. The Morgan fingerprint density at radius 2 is 2.14 bits per heavy atom. The van der Waals surface area contributed by atoms with E-state index in [1.54, 1.807) is 7.11 Å². The monoisotopic (exact) mass is 300 g/mol. The number of hydrogen-bond donors (Lipinski definition) is 2. The Labute approximate surface area is 131 Å². The van der Waals surface area contributed by atoms with Crippen molar-refractivity contribution in [3.63, 3.8) is 0 Å². The summed E-state index contributed by atoms with van der Waals surface area (Å²) < 4.78 is 11.4. The molecule has 1 atom stereocenters. The van der Waals surface area contributed by atoms with Gasteiger partial charge in [-0.25, -0.2) is 0 Å². The van der Waals surface area contributed by atoms with Gasteiger partial charge in [-0.05, 0) is 51.3 Å². The predicted octanol–water partition coefficient (Wildman–Crippen LogP) is 3.28. The summed E-state index contributed by atoms with van der Waals surface area (Å²) in [7, 11) is 1.71. The van der Waals surface area contributed by atoms with Crippen LogP contribution in [0.4, 0.5) is 0 Å². The second-order valence-electron chi connectivity index (χ2n) is 7.27. The Morgan fingerprint density at radius 1 is 1.36 bits per heavy atom. The highest BCUT2D eigenvalue weighted by Gasteiger charge is 2.63. The fourth-order valence-electron chi connectivity index (χ4n) is 4.39. The van der Waals surface area contributed by atoms with Crippen molar-refractivity contribution in [2.45, 2.75) is 57.4 Å². The summed E-state index contributed by atoms with van der Waals surface area (Å²) in [5.41, 5.74) is 3.87. The van der Waals surface area contributed by atoms with Crippen molar-refractivity contribution >= 4 is 10.9 Å². The Balaban J connectivity index is 1.54. The van der Waals surface area contributed by atoms with Crippen LogP contribution in [0.25, 0.3) is 10.9 Å². The zero-order chi connectivity index (χ0) is 15.5. The van der Waals surface area contributed by atoms with Gasteiger partial charge in [0.25, 0.3) is 0 Å². The summed E-state index contributed by atoms with van der Waals surface area (Å²) in [4.78, 5) is 3.51. The van der Waals surface area contributed by atoms with Crippen LogP contribution < -0.4 is 10.1 Å².